The van der Waals surface area contributed by atoms with Crippen molar-refractivity contribution in [3.05, 3.63) is 59.2 Å². The number of hydrogen-bond donors (Lipinski definition) is 0. The van der Waals surface area contributed by atoms with E-state index in [-0.39, 0.29) is 17.7 Å². The summed E-state index contributed by atoms with van der Waals surface area (Å²) >= 11 is 0. The molecule has 3 fully saturated rings. The molecule has 0 saturated carbocycles. The molecule has 10 nitrogen and oxygen atoms in total. The van der Waals surface area contributed by atoms with Crippen LogP contribution in [0.25, 0.3) is 11.1 Å². The topological polar surface area (TPSA) is 118 Å². The summed E-state index contributed by atoms with van der Waals surface area (Å²) in [6, 6.07) is 10.5. The Kier molecular flexibility index (Phi) is 6.96. The molecule has 0 aliphatic carbocycles. The van der Waals surface area contributed by atoms with Gasteiger partial charge < -0.3 is 23.9 Å². The van der Waals surface area contributed by atoms with Crippen LogP contribution in [0.5, 0.6) is 0 Å². The standard InChI is InChI=1S/C26H23F2N3O7/c27-19-7-6-18(21(28)20(19)17-4-2-16(14-29)3-5-17)15-35-13-1-10-30-11-8-26(9-12-30)24-31(25(34)37-26)38-23(33)22(32)36-24/h2-7,24H,1,8-13,15H2. The molecule has 0 radical (unpaired) electrons. The van der Waals surface area contributed by atoms with Gasteiger partial charge in [-0.1, -0.05) is 23.3 Å². The molecule has 1 amide bonds. The van der Waals surface area contributed by atoms with Crippen molar-refractivity contribution in [2.24, 2.45) is 0 Å². The second-order valence-corrected chi connectivity index (χ2v) is 9.23. The van der Waals surface area contributed by atoms with Gasteiger partial charge in [0.1, 0.15) is 11.6 Å². The van der Waals surface area contributed by atoms with Crippen LogP contribution >= 0.6 is 0 Å². The zero-order chi connectivity index (χ0) is 26.9. The monoisotopic (exact) mass is 527 g/mol. The summed E-state index contributed by atoms with van der Waals surface area (Å²) in [5.41, 5.74) is -0.288. The minimum Gasteiger partial charge on any atom is -0.434 e. The first-order chi connectivity index (χ1) is 18.3. The highest BCUT2D eigenvalue weighted by Gasteiger charge is 2.62. The van der Waals surface area contributed by atoms with E-state index >= 15 is 4.39 Å². The van der Waals surface area contributed by atoms with Gasteiger partial charge in [-0.2, -0.15) is 5.26 Å². The molecule has 3 saturated heterocycles. The highest BCUT2D eigenvalue weighted by atomic mass is 19.1. The molecule has 38 heavy (non-hydrogen) atoms. The van der Waals surface area contributed by atoms with E-state index in [0.717, 1.165) is 0 Å². The molecule has 1 atom stereocenters. The highest BCUT2D eigenvalue weighted by Crippen LogP contribution is 2.41. The van der Waals surface area contributed by atoms with E-state index in [1.807, 2.05) is 6.07 Å². The van der Waals surface area contributed by atoms with Crippen molar-refractivity contribution < 1.29 is 42.2 Å². The Hall–Kier alpha value is -4.08. The third-order valence-corrected chi connectivity index (χ3v) is 6.90. The number of piperidine rings is 1. The number of nitrogens with zero attached hydrogens (tertiary/aromatic N) is 3. The fourth-order valence-corrected chi connectivity index (χ4v) is 4.85. The molecule has 0 bridgehead atoms. The molecule has 5 rings (SSSR count). The summed E-state index contributed by atoms with van der Waals surface area (Å²) in [6.45, 7) is 2.06. The number of hydrogen-bond acceptors (Lipinski definition) is 9. The van der Waals surface area contributed by atoms with E-state index < -0.39 is 41.5 Å². The van der Waals surface area contributed by atoms with Gasteiger partial charge in [0.15, 0.2) is 5.60 Å². The first-order valence-electron chi connectivity index (χ1n) is 12.0. The zero-order valence-corrected chi connectivity index (χ0v) is 20.2. The maximum Gasteiger partial charge on any atom is 0.447 e. The van der Waals surface area contributed by atoms with Gasteiger partial charge in [0.2, 0.25) is 0 Å². The fraction of sp³-hybridized carbons (Fsp3) is 0.385. The number of likely N-dealkylation sites (tertiary alicyclic amines) is 1. The number of amides is 1. The van der Waals surface area contributed by atoms with E-state index in [1.54, 1.807) is 0 Å². The van der Waals surface area contributed by atoms with Crippen LogP contribution in [-0.2, 0) is 35.2 Å². The molecule has 1 spiro atoms. The summed E-state index contributed by atoms with van der Waals surface area (Å²) in [6.07, 6.45) is -0.576. The summed E-state index contributed by atoms with van der Waals surface area (Å²) < 4.78 is 45.6. The van der Waals surface area contributed by atoms with E-state index in [0.29, 0.717) is 61.7 Å². The predicted octanol–water partition coefficient (Wildman–Crippen LogP) is 3.04. The van der Waals surface area contributed by atoms with Crippen molar-refractivity contribution in [2.45, 2.75) is 37.7 Å². The Morgan fingerprint density at radius 1 is 1.05 bits per heavy atom. The van der Waals surface area contributed by atoms with Crippen LogP contribution < -0.4 is 0 Å². The van der Waals surface area contributed by atoms with Gasteiger partial charge in [-0.3, -0.25) is 0 Å². The number of fused-ring (bicyclic) bond motifs is 2. The number of carbonyl (C=O) groups is 3. The van der Waals surface area contributed by atoms with Crippen molar-refractivity contribution in [1.82, 2.24) is 9.96 Å². The Balaban J connectivity index is 1.10. The number of benzene rings is 2. The first-order valence-corrected chi connectivity index (χ1v) is 12.0. The van der Waals surface area contributed by atoms with E-state index in [9.17, 15) is 18.8 Å². The molecule has 3 aliphatic rings. The van der Waals surface area contributed by atoms with E-state index in [1.165, 1.54) is 36.4 Å². The number of esters is 1. The van der Waals surface area contributed by atoms with Crippen LogP contribution in [0, 0.1) is 23.0 Å². The molecule has 1 unspecified atom stereocenters. The minimum atomic E-state index is -1.27. The number of carbonyl (C=O) groups excluding carboxylic acids is 3. The van der Waals surface area contributed by atoms with Crippen LogP contribution in [0.4, 0.5) is 13.6 Å². The largest absolute Gasteiger partial charge is 0.447 e. The molecular formula is C26H23F2N3O7. The minimum absolute atomic E-state index is 0.0317. The first kappa shape index (κ1) is 25.6. The predicted molar refractivity (Wildman–Crippen MR) is 123 cm³/mol. The quantitative estimate of drug-likeness (QED) is 0.304. The molecule has 0 aromatic heterocycles. The van der Waals surface area contributed by atoms with Gasteiger partial charge >= 0.3 is 18.0 Å². The summed E-state index contributed by atoms with van der Waals surface area (Å²) in [5, 5.41) is 9.60. The van der Waals surface area contributed by atoms with E-state index in [2.05, 4.69) is 4.90 Å². The fourth-order valence-electron chi connectivity index (χ4n) is 4.85. The second-order valence-electron chi connectivity index (χ2n) is 9.23. The molecule has 12 heteroatoms. The molecule has 2 aromatic rings. The second kappa shape index (κ2) is 10.4. The van der Waals surface area contributed by atoms with E-state index in [4.69, 9.17) is 24.3 Å². The molecule has 0 N–H and O–H groups in total. The summed E-state index contributed by atoms with van der Waals surface area (Å²) in [4.78, 5) is 42.0. The molecule has 3 aliphatic heterocycles. The maximum atomic E-state index is 15.0. The van der Waals surface area contributed by atoms with Crippen molar-refractivity contribution in [3.8, 4) is 17.2 Å². The smallest absolute Gasteiger partial charge is 0.434 e. The normalized spacial score (nSPS) is 20.5. The van der Waals surface area contributed by atoms with Crippen LogP contribution in [0.2, 0.25) is 0 Å². The Labute approximate surface area is 216 Å². The van der Waals surface area contributed by atoms with Gasteiger partial charge in [0.25, 0.3) is 6.23 Å². The molecule has 198 valence electrons. The summed E-state index contributed by atoms with van der Waals surface area (Å²) in [5.74, 6) is -3.83. The summed E-state index contributed by atoms with van der Waals surface area (Å²) in [7, 11) is 0. The lowest BCUT2D eigenvalue weighted by molar-refractivity contribution is -0.251. The number of hydroxylamine groups is 2. The molecule has 2 aromatic carbocycles. The van der Waals surface area contributed by atoms with Crippen molar-refractivity contribution in [2.75, 3.05) is 26.2 Å². The lowest BCUT2D eigenvalue weighted by Crippen LogP contribution is -2.57. The van der Waals surface area contributed by atoms with Gasteiger partial charge in [-0.05, 0) is 30.2 Å². The number of ether oxygens (including phenoxy) is 3. The Bertz CT molecular complexity index is 1300. The third kappa shape index (κ3) is 4.78. The lowest BCUT2D eigenvalue weighted by Gasteiger charge is -2.40. The average molecular weight is 527 g/mol. The zero-order valence-electron chi connectivity index (χ0n) is 20.2. The average Bonchev–Trinajstić information content (AvgIpc) is 3.16. The lowest BCUT2D eigenvalue weighted by atomic mass is 9.89. The van der Waals surface area contributed by atoms with Crippen molar-refractivity contribution in [3.63, 3.8) is 0 Å². The van der Waals surface area contributed by atoms with Crippen molar-refractivity contribution in [1.29, 1.82) is 5.26 Å². The van der Waals surface area contributed by atoms with Crippen LogP contribution in [0.15, 0.2) is 36.4 Å². The van der Waals surface area contributed by atoms with Crippen molar-refractivity contribution >= 4 is 18.0 Å². The molecular weight excluding hydrogens is 504 g/mol. The highest BCUT2D eigenvalue weighted by molar-refractivity contribution is 6.30. The Morgan fingerprint density at radius 3 is 2.50 bits per heavy atom. The SMILES string of the molecule is N#Cc1ccc(-c2c(F)ccc(COCCCN3CCC4(CC3)OC(=O)N3OC(=O)C(=O)OC34)c2F)cc1. The third-order valence-electron chi connectivity index (χ3n) is 6.90. The van der Waals surface area contributed by atoms with Crippen LogP contribution in [0.1, 0.15) is 30.4 Å². The number of rotatable bonds is 7. The maximum absolute atomic E-state index is 15.0. The van der Waals surface area contributed by atoms with Gasteiger partial charge in [0.05, 0.1) is 23.8 Å². The number of halogens is 2. The van der Waals surface area contributed by atoms with Gasteiger partial charge in [-0.15, -0.1) is 0 Å². The van der Waals surface area contributed by atoms with Gasteiger partial charge in [-0.25, -0.2) is 23.2 Å². The van der Waals surface area contributed by atoms with Crippen LogP contribution in [0.3, 0.4) is 0 Å². The van der Waals surface area contributed by atoms with Crippen LogP contribution in [-0.4, -0.2) is 66.1 Å². The van der Waals surface area contributed by atoms with Gasteiger partial charge in [0, 0.05) is 44.6 Å². The Morgan fingerprint density at radius 2 is 1.79 bits per heavy atom. The molecule has 3 heterocycles. The number of nitriles is 1.